The summed E-state index contributed by atoms with van der Waals surface area (Å²) < 4.78 is 0. The van der Waals surface area contributed by atoms with Gasteiger partial charge in [0, 0.05) is 24.8 Å². The molecule has 20 heavy (non-hydrogen) atoms. The first-order valence-electron chi connectivity index (χ1n) is 7.24. The molecule has 1 saturated carbocycles. The number of nitrogens with two attached hydrogens (primary N) is 1. The molecule has 1 aliphatic rings. The second kappa shape index (κ2) is 6.92. The van der Waals surface area contributed by atoms with Gasteiger partial charge in [0.2, 0.25) is 0 Å². The van der Waals surface area contributed by atoms with Gasteiger partial charge in [0.05, 0.1) is 5.56 Å². The van der Waals surface area contributed by atoms with Crippen molar-refractivity contribution in [1.29, 1.82) is 5.26 Å². The molecule has 0 atom stereocenters. The highest BCUT2D eigenvalue weighted by Gasteiger charge is 2.26. The van der Waals surface area contributed by atoms with Gasteiger partial charge in [-0.05, 0) is 38.2 Å². The van der Waals surface area contributed by atoms with Gasteiger partial charge in [0.15, 0.2) is 0 Å². The molecule has 1 aromatic heterocycles. The maximum atomic E-state index is 9.10. The van der Waals surface area contributed by atoms with Gasteiger partial charge in [-0.15, -0.1) is 0 Å². The Kier molecular flexibility index (Phi) is 5.22. The summed E-state index contributed by atoms with van der Waals surface area (Å²) in [6.07, 6.45) is 6.90. The van der Waals surface area contributed by atoms with Crippen molar-refractivity contribution >= 4 is 17.4 Å². The van der Waals surface area contributed by atoms with Crippen LogP contribution in [0.15, 0.2) is 12.3 Å². The highest BCUT2D eigenvalue weighted by atomic mass is 35.5. The van der Waals surface area contributed by atoms with Crippen LogP contribution in [0.3, 0.4) is 0 Å². The molecule has 5 heteroatoms. The number of nitrogens with zero attached hydrogens (tertiary/aromatic N) is 3. The molecule has 2 rings (SSSR count). The van der Waals surface area contributed by atoms with Crippen molar-refractivity contribution in [2.75, 3.05) is 11.4 Å². The number of hydrogen-bond donors (Lipinski definition) is 1. The van der Waals surface area contributed by atoms with E-state index in [1.807, 2.05) is 0 Å². The summed E-state index contributed by atoms with van der Waals surface area (Å²) in [6.45, 7) is 3.05. The zero-order valence-electron chi connectivity index (χ0n) is 11.8. The Bertz CT molecular complexity index is 489. The van der Waals surface area contributed by atoms with E-state index in [9.17, 15) is 0 Å². The van der Waals surface area contributed by atoms with Crippen molar-refractivity contribution in [3.8, 4) is 6.07 Å². The van der Waals surface area contributed by atoms with E-state index in [4.69, 9.17) is 22.6 Å². The number of anilines is 1. The summed E-state index contributed by atoms with van der Waals surface area (Å²) in [5.74, 6) is 0.744. The first-order chi connectivity index (χ1) is 9.67. The fraction of sp³-hybridized carbons (Fsp3) is 0.600. The predicted molar refractivity (Wildman–Crippen MR) is 81.8 cm³/mol. The number of aromatic nitrogens is 1. The normalized spacial score (nSPS) is 22.3. The van der Waals surface area contributed by atoms with E-state index in [-0.39, 0.29) is 0 Å². The number of halogens is 1. The van der Waals surface area contributed by atoms with Gasteiger partial charge in [-0.3, -0.25) is 0 Å². The summed E-state index contributed by atoms with van der Waals surface area (Å²) in [6, 6.07) is 4.53. The van der Waals surface area contributed by atoms with E-state index in [0.717, 1.165) is 44.5 Å². The highest BCUT2D eigenvalue weighted by Crippen LogP contribution is 2.32. The van der Waals surface area contributed by atoms with Crippen molar-refractivity contribution in [2.45, 2.75) is 51.1 Å². The van der Waals surface area contributed by atoms with Gasteiger partial charge in [0.1, 0.15) is 16.9 Å². The minimum Gasteiger partial charge on any atom is -0.352 e. The van der Waals surface area contributed by atoms with E-state index in [2.05, 4.69) is 22.9 Å². The van der Waals surface area contributed by atoms with Crippen LogP contribution in [-0.2, 0) is 0 Å². The Balaban J connectivity index is 2.27. The van der Waals surface area contributed by atoms with Gasteiger partial charge in [-0.1, -0.05) is 18.5 Å². The van der Waals surface area contributed by atoms with E-state index in [0.29, 0.717) is 22.7 Å². The Morgan fingerprint density at radius 3 is 2.75 bits per heavy atom. The molecule has 4 nitrogen and oxygen atoms in total. The zero-order chi connectivity index (χ0) is 14.5. The first-order valence-corrected chi connectivity index (χ1v) is 7.62. The molecule has 1 aliphatic carbocycles. The average Bonchev–Trinajstić information content (AvgIpc) is 2.47. The third-order valence-corrected chi connectivity index (χ3v) is 4.28. The molecule has 1 fully saturated rings. The SMILES string of the molecule is CCCN(c1nccc(C#N)c1Cl)C1CCC(N)CC1. The Labute approximate surface area is 125 Å². The molecule has 1 aromatic rings. The second-order valence-corrected chi connectivity index (χ2v) is 5.75. The van der Waals surface area contributed by atoms with Crippen molar-refractivity contribution in [1.82, 2.24) is 4.98 Å². The van der Waals surface area contributed by atoms with E-state index in [1.54, 1.807) is 12.3 Å². The number of pyridine rings is 1. The number of hydrogen-bond acceptors (Lipinski definition) is 4. The Morgan fingerprint density at radius 2 is 2.15 bits per heavy atom. The molecule has 1 heterocycles. The quantitative estimate of drug-likeness (QED) is 0.926. The van der Waals surface area contributed by atoms with Crippen LogP contribution in [0.4, 0.5) is 5.82 Å². The molecule has 0 aliphatic heterocycles. The molecule has 0 amide bonds. The molecule has 0 radical (unpaired) electrons. The molecule has 2 N–H and O–H groups in total. The third kappa shape index (κ3) is 3.23. The van der Waals surface area contributed by atoms with Crippen molar-refractivity contribution in [2.24, 2.45) is 5.73 Å². The maximum Gasteiger partial charge on any atom is 0.148 e. The molecular weight excluding hydrogens is 272 g/mol. The van der Waals surface area contributed by atoms with Gasteiger partial charge < -0.3 is 10.6 Å². The zero-order valence-corrected chi connectivity index (χ0v) is 12.6. The topological polar surface area (TPSA) is 65.9 Å². The van der Waals surface area contributed by atoms with Crippen molar-refractivity contribution < 1.29 is 0 Å². The number of rotatable bonds is 4. The fourth-order valence-corrected chi connectivity index (χ4v) is 3.10. The van der Waals surface area contributed by atoms with Crippen LogP contribution in [0, 0.1) is 11.3 Å². The smallest absolute Gasteiger partial charge is 0.148 e. The van der Waals surface area contributed by atoms with Crippen LogP contribution in [0.25, 0.3) is 0 Å². The number of nitriles is 1. The molecule has 0 saturated heterocycles. The lowest BCUT2D eigenvalue weighted by Gasteiger charge is -2.37. The Hall–Kier alpha value is -1.31. The lowest BCUT2D eigenvalue weighted by molar-refractivity contribution is 0.374. The van der Waals surface area contributed by atoms with E-state index >= 15 is 0 Å². The lowest BCUT2D eigenvalue weighted by atomic mass is 9.90. The van der Waals surface area contributed by atoms with Gasteiger partial charge in [-0.25, -0.2) is 4.98 Å². The van der Waals surface area contributed by atoms with Crippen LogP contribution in [0.2, 0.25) is 5.02 Å². The minimum absolute atomic E-state index is 0.323. The van der Waals surface area contributed by atoms with Crippen LogP contribution < -0.4 is 10.6 Å². The van der Waals surface area contributed by atoms with Gasteiger partial charge >= 0.3 is 0 Å². The molecular formula is C15H21ClN4. The van der Waals surface area contributed by atoms with Gasteiger partial charge in [0.25, 0.3) is 0 Å². The van der Waals surface area contributed by atoms with Crippen LogP contribution in [-0.4, -0.2) is 23.6 Å². The molecule has 108 valence electrons. The molecule has 0 bridgehead atoms. The minimum atomic E-state index is 0.323. The Morgan fingerprint density at radius 1 is 1.45 bits per heavy atom. The van der Waals surface area contributed by atoms with Gasteiger partial charge in [-0.2, -0.15) is 5.26 Å². The summed E-state index contributed by atoms with van der Waals surface area (Å²) in [7, 11) is 0. The summed E-state index contributed by atoms with van der Waals surface area (Å²) in [5, 5.41) is 9.57. The third-order valence-electron chi connectivity index (χ3n) is 3.91. The van der Waals surface area contributed by atoms with Crippen molar-refractivity contribution in [3.63, 3.8) is 0 Å². The summed E-state index contributed by atoms with van der Waals surface area (Å²) in [4.78, 5) is 6.67. The first kappa shape index (κ1) is 15.1. The summed E-state index contributed by atoms with van der Waals surface area (Å²) in [5.41, 5.74) is 6.47. The summed E-state index contributed by atoms with van der Waals surface area (Å²) >= 11 is 6.34. The molecule has 0 unspecified atom stereocenters. The van der Waals surface area contributed by atoms with E-state index in [1.165, 1.54) is 0 Å². The monoisotopic (exact) mass is 292 g/mol. The largest absolute Gasteiger partial charge is 0.352 e. The highest BCUT2D eigenvalue weighted by molar-refractivity contribution is 6.34. The van der Waals surface area contributed by atoms with Crippen molar-refractivity contribution in [3.05, 3.63) is 22.8 Å². The van der Waals surface area contributed by atoms with E-state index < -0.39 is 0 Å². The second-order valence-electron chi connectivity index (χ2n) is 5.37. The molecule has 0 aromatic carbocycles. The average molecular weight is 293 g/mol. The van der Waals surface area contributed by atoms with Crippen LogP contribution in [0.1, 0.15) is 44.6 Å². The van der Waals surface area contributed by atoms with Crippen LogP contribution in [0.5, 0.6) is 0 Å². The maximum absolute atomic E-state index is 9.10. The predicted octanol–water partition coefficient (Wildman–Crippen LogP) is 3.09. The standard InChI is InChI=1S/C15H21ClN4/c1-2-9-20(13-5-3-12(18)4-6-13)15-14(16)11(10-17)7-8-19-15/h7-8,12-13H,2-6,9,18H2,1H3. The van der Waals surface area contributed by atoms with Crippen LogP contribution >= 0.6 is 11.6 Å². The fourth-order valence-electron chi connectivity index (χ4n) is 2.83. The lowest BCUT2D eigenvalue weighted by Crippen LogP contribution is -2.42. The molecule has 0 spiro atoms.